The van der Waals surface area contributed by atoms with Gasteiger partial charge in [-0.05, 0) is 31.2 Å². The average Bonchev–Trinajstić information content (AvgIpc) is 2.83. The molecule has 2 aromatic rings. The Labute approximate surface area is 124 Å². The van der Waals surface area contributed by atoms with Crippen LogP contribution in [0.5, 0.6) is 0 Å². The number of H-pyrrole nitrogens is 1. The monoisotopic (exact) mass is 311 g/mol. The quantitative estimate of drug-likeness (QED) is 0.848. The molecule has 3 rings (SSSR count). The Morgan fingerprint density at radius 1 is 1.40 bits per heavy atom. The van der Waals surface area contributed by atoms with Crippen molar-refractivity contribution >= 4 is 39.1 Å². The number of amides is 1. The number of halogens is 1. The molecule has 0 aromatic carbocycles. The first-order valence-corrected chi connectivity index (χ1v) is 7.90. The van der Waals surface area contributed by atoms with Crippen molar-refractivity contribution in [3.63, 3.8) is 0 Å². The van der Waals surface area contributed by atoms with E-state index in [1.54, 1.807) is 11.3 Å². The maximum Gasteiger partial charge on any atom is 0.259 e. The number of nitrogens with zero attached hydrogens (tertiary/aromatic N) is 1. The summed E-state index contributed by atoms with van der Waals surface area (Å²) < 4.78 is 0. The number of hydrogen-bond donors (Lipinski definition) is 2. The van der Waals surface area contributed by atoms with E-state index in [-0.39, 0.29) is 23.9 Å². The molecule has 20 heavy (non-hydrogen) atoms. The van der Waals surface area contributed by atoms with Gasteiger partial charge in [0.1, 0.15) is 16.5 Å². The van der Waals surface area contributed by atoms with Gasteiger partial charge in [0.15, 0.2) is 0 Å². The number of thiophene rings is 1. The SMILES string of the molecule is O=C(CCl)NCc1nc2sc3c(c2c(=O)[nH]1)CCCC3. The van der Waals surface area contributed by atoms with Crippen molar-refractivity contribution in [2.75, 3.05) is 5.88 Å². The number of carbonyl (C=O) groups is 1. The summed E-state index contributed by atoms with van der Waals surface area (Å²) in [6.45, 7) is 0.194. The molecule has 0 fully saturated rings. The molecule has 0 spiro atoms. The average molecular weight is 312 g/mol. The van der Waals surface area contributed by atoms with E-state index in [1.807, 2.05) is 0 Å². The third-order valence-electron chi connectivity index (χ3n) is 3.45. The number of aromatic nitrogens is 2. The van der Waals surface area contributed by atoms with Crippen LogP contribution < -0.4 is 10.9 Å². The highest BCUT2D eigenvalue weighted by Gasteiger charge is 2.19. The van der Waals surface area contributed by atoms with Gasteiger partial charge in [-0.2, -0.15) is 0 Å². The number of hydrogen-bond acceptors (Lipinski definition) is 4. The lowest BCUT2D eigenvalue weighted by molar-refractivity contribution is -0.118. The van der Waals surface area contributed by atoms with Crippen molar-refractivity contribution in [2.45, 2.75) is 32.2 Å². The van der Waals surface area contributed by atoms with Crippen molar-refractivity contribution in [3.05, 3.63) is 26.6 Å². The molecule has 0 aliphatic heterocycles. The van der Waals surface area contributed by atoms with Gasteiger partial charge in [-0.25, -0.2) is 4.98 Å². The van der Waals surface area contributed by atoms with E-state index in [0.717, 1.165) is 29.5 Å². The standard InChI is InChI=1S/C13H14ClN3O2S/c14-5-10(18)15-6-9-16-12(19)11-7-3-1-2-4-8(7)20-13(11)17-9/h1-6H2,(H,15,18)(H,16,17,19). The van der Waals surface area contributed by atoms with Crippen LogP contribution in [-0.2, 0) is 24.2 Å². The Bertz CT molecular complexity index is 722. The molecule has 2 N–H and O–H groups in total. The Balaban J connectivity index is 1.98. The number of alkyl halides is 1. The van der Waals surface area contributed by atoms with Crippen LogP contribution in [0.15, 0.2) is 4.79 Å². The number of fused-ring (bicyclic) bond motifs is 3. The molecule has 0 saturated carbocycles. The van der Waals surface area contributed by atoms with Crippen LogP contribution in [0, 0.1) is 0 Å². The first-order valence-electron chi connectivity index (χ1n) is 6.55. The van der Waals surface area contributed by atoms with Gasteiger partial charge in [0.05, 0.1) is 11.9 Å². The van der Waals surface area contributed by atoms with Gasteiger partial charge in [0, 0.05) is 4.88 Å². The summed E-state index contributed by atoms with van der Waals surface area (Å²) in [5.74, 6) is 0.0965. The summed E-state index contributed by atoms with van der Waals surface area (Å²) in [7, 11) is 0. The summed E-state index contributed by atoms with van der Waals surface area (Å²) in [5.41, 5.74) is 1.06. The fourth-order valence-corrected chi connectivity index (χ4v) is 3.90. The second kappa shape index (κ2) is 5.54. The van der Waals surface area contributed by atoms with Crippen LogP contribution in [0.2, 0.25) is 0 Å². The molecule has 0 bridgehead atoms. The zero-order valence-corrected chi connectivity index (χ0v) is 12.4. The van der Waals surface area contributed by atoms with E-state index in [0.29, 0.717) is 5.82 Å². The van der Waals surface area contributed by atoms with Crippen molar-refractivity contribution in [2.24, 2.45) is 0 Å². The molecule has 2 heterocycles. The molecule has 0 saturated heterocycles. The minimum Gasteiger partial charge on any atom is -0.348 e. The summed E-state index contributed by atoms with van der Waals surface area (Å²) in [4.78, 5) is 32.6. The fraction of sp³-hybridized carbons (Fsp3) is 0.462. The van der Waals surface area contributed by atoms with Gasteiger partial charge in [-0.15, -0.1) is 22.9 Å². The summed E-state index contributed by atoms with van der Waals surface area (Å²) in [6.07, 6.45) is 4.30. The van der Waals surface area contributed by atoms with Gasteiger partial charge in [-0.3, -0.25) is 9.59 Å². The second-order valence-corrected chi connectivity index (χ2v) is 6.16. The molecule has 1 aliphatic carbocycles. The van der Waals surface area contributed by atoms with Crippen LogP contribution >= 0.6 is 22.9 Å². The normalized spacial score (nSPS) is 14.2. The van der Waals surface area contributed by atoms with Crippen LogP contribution in [0.3, 0.4) is 0 Å². The lowest BCUT2D eigenvalue weighted by Gasteiger charge is -2.09. The maximum absolute atomic E-state index is 12.2. The van der Waals surface area contributed by atoms with E-state index in [1.165, 1.54) is 16.9 Å². The highest BCUT2D eigenvalue weighted by Crippen LogP contribution is 2.33. The Kier molecular flexibility index (Phi) is 3.76. The van der Waals surface area contributed by atoms with Crippen molar-refractivity contribution in [1.29, 1.82) is 0 Å². The molecule has 0 atom stereocenters. The molecule has 2 aromatic heterocycles. The minimum absolute atomic E-state index is 0.0974. The lowest BCUT2D eigenvalue weighted by atomic mass is 9.97. The molecule has 0 radical (unpaired) electrons. The predicted molar refractivity (Wildman–Crippen MR) is 79.4 cm³/mol. The van der Waals surface area contributed by atoms with Crippen LogP contribution in [0.1, 0.15) is 29.1 Å². The van der Waals surface area contributed by atoms with Gasteiger partial charge >= 0.3 is 0 Å². The second-order valence-electron chi connectivity index (χ2n) is 4.81. The van der Waals surface area contributed by atoms with Crippen LogP contribution in [0.25, 0.3) is 10.2 Å². The van der Waals surface area contributed by atoms with Gasteiger partial charge in [-0.1, -0.05) is 0 Å². The molecule has 7 heteroatoms. The van der Waals surface area contributed by atoms with Crippen molar-refractivity contribution in [3.8, 4) is 0 Å². The molecule has 5 nitrogen and oxygen atoms in total. The molecular weight excluding hydrogens is 298 g/mol. The smallest absolute Gasteiger partial charge is 0.259 e. The zero-order chi connectivity index (χ0) is 14.1. The molecule has 1 amide bonds. The van der Waals surface area contributed by atoms with Crippen LogP contribution in [-0.4, -0.2) is 21.8 Å². The van der Waals surface area contributed by atoms with E-state index < -0.39 is 0 Å². The zero-order valence-electron chi connectivity index (χ0n) is 10.8. The predicted octanol–water partition coefficient (Wildman–Crippen LogP) is 1.72. The van der Waals surface area contributed by atoms with E-state index in [2.05, 4.69) is 15.3 Å². The highest BCUT2D eigenvalue weighted by molar-refractivity contribution is 7.18. The third-order valence-corrected chi connectivity index (χ3v) is 4.88. The van der Waals surface area contributed by atoms with E-state index >= 15 is 0 Å². The number of nitrogens with one attached hydrogen (secondary N) is 2. The van der Waals surface area contributed by atoms with Crippen LogP contribution in [0.4, 0.5) is 0 Å². The number of carbonyl (C=O) groups excluding carboxylic acids is 1. The summed E-state index contributed by atoms with van der Waals surface area (Å²) >= 11 is 7.01. The van der Waals surface area contributed by atoms with E-state index in [4.69, 9.17) is 11.6 Å². The number of aromatic amines is 1. The summed E-state index contributed by atoms with van der Waals surface area (Å²) in [5, 5.41) is 3.34. The summed E-state index contributed by atoms with van der Waals surface area (Å²) in [6, 6.07) is 0. The fourth-order valence-electron chi connectivity index (χ4n) is 2.52. The molecule has 0 unspecified atom stereocenters. The molecule has 106 valence electrons. The first-order chi connectivity index (χ1) is 9.69. The Morgan fingerprint density at radius 3 is 3.00 bits per heavy atom. The lowest BCUT2D eigenvalue weighted by Crippen LogP contribution is -2.26. The topological polar surface area (TPSA) is 74.8 Å². The van der Waals surface area contributed by atoms with E-state index in [9.17, 15) is 9.59 Å². The number of aryl methyl sites for hydroxylation is 2. The van der Waals surface area contributed by atoms with Crippen molar-refractivity contribution in [1.82, 2.24) is 15.3 Å². The first kappa shape index (κ1) is 13.6. The van der Waals surface area contributed by atoms with Gasteiger partial charge < -0.3 is 10.3 Å². The largest absolute Gasteiger partial charge is 0.348 e. The maximum atomic E-state index is 12.2. The van der Waals surface area contributed by atoms with Crippen molar-refractivity contribution < 1.29 is 4.79 Å². The molecular formula is C13H14ClN3O2S. The van der Waals surface area contributed by atoms with Gasteiger partial charge in [0.2, 0.25) is 5.91 Å². The molecule has 1 aliphatic rings. The highest BCUT2D eigenvalue weighted by atomic mass is 35.5. The minimum atomic E-state index is -0.278. The Morgan fingerprint density at radius 2 is 2.20 bits per heavy atom. The van der Waals surface area contributed by atoms with Gasteiger partial charge in [0.25, 0.3) is 5.56 Å². The number of rotatable bonds is 3. The Hall–Kier alpha value is -1.40. The third kappa shape index (κ3) is 2.45.